The number of hydrogen-bond donors (Lipinski definition) is 2. The van der Waals surface area contributed by atoms with Gasteiger partial charge in [-0.25, -0.2) is 15.0 Å². The minimum absolute atomic E-state index is 0.241. The average molecular weight is 608 g/mol. The topological polar surface area (TPSA) is 96.7 Å². The molecule has 0 unspecified atom stereocenters. The third kappa shape index (κ3) is 5.68. The smallest absolute Gasteiger partial charge is 0.255 e. The molecule has 7 rings (SSSR count). The van der Waals surface area contributed by atoms with Gasteiger partial charge in [0.15, 0.2) is 4.96 Å². The molecule has 0 atom stereocenters. The van der Waals surface area contributed by atoms with Crippen molar-refractivity contribution in [3.63, 3.8) is 0 Å². The van der Waals surface area contributed by atoms with Gasteiger partial charge in [-0.1, -0.05) is 41.9 Å². The van der Waals surface area contributed by atoms with Gasteiger partial charge >= 0.3 is 0 Å². The number of benzene rings is 3. The number of hydrogen-bond acceptors (Lipinski definition) is 8. The molecule has 11 heteroatoms. The highest BCUT2D eigenvalue weighted by Gasteiger charge is 2.20. The molecule has 0 bridgehead atoms. The normalized spacial score (nSPS) is 13.3. The summed E-state index contributed by atoms with van der Waals surface area (Å²) < 4.78 is 7.52. The molecule has 1 aliphatic rings. The fourth-order valence-electron chi connectivity index (χ4n) is 5.07. The van der Waals surface area contributed by atoms with E-state index in [9.17, 15) is 4.79 Å². The Morgan fingerprint density at radius 1 is 0.953 bits per heavy atom. The number of ether oxygens (including phenoxy) is 1. The van der Waals surface area contributed by atoms with Gasteiger partial charge in [-0.15, -0.1) is 11.3 Å². The van der Waals surface area contributed by atoms with Crippen LogP contribution in [0.4, 0.5) is 23.0 Å². The van der Waals surface area contributed by atoms with Crippen molar-refractivity contribution < 1.29 is 9.53 Å². The fraction of sp³-hybridized carbons (Fsp3) is 0.125. The Labute approximate surface area is 256 Å². The molecule has 43 heavy (non-hydrogen) atoms. The first-order chi connectivity index (χ1) is 21.1. The summed E-state index contributed by atoms with van der Waals surface area (Å²) in [4.78, 5) is 30.3. The number of rotatable bonds is 7. The molecule has 1 aliphatic heterocycles. The molecule has 0 radical (unpaired) electrons. The number of nitrogens with zero attached hydrogens (tertiary/aromatic N) is 5. The van der Waals surface area contributed by atoms with Gasteiger partial charge in [0.1, 0.15) is 5.69 Å². The summed E-state index contributed by atoms with van der Waals surface area (Å²) >= 11 is 8.04. The number of carbonyl (C=O) groups excluding carboxylic acids is 1. The lowest BCUT2D eigenvalue weighted by molar-refractivity contribution is 0.102. The summed E-state index contributed by atoms with van der Waals surface area (Å²) in [5, 5.41) is 8.73. The molecule has 1 fully saturated rings. The quantitative estimate of drug-likeness (QED) is 0.202. The lowest BCUT2D eigenvalue weighted by atomic mass is 10.1. The highest BCUT2D eigenvalue weighted by atomic mass is 35.5. The van der Waals surface area contributed by atoms with E-state index < -0.39 is 0 Å². The maximum absolute atomic E-state index is 12.9. The van der Waals surface area contributed by atoms with Crippen LogP contribution in [0.15, 0.2) is 96.6 Å². The van der Waals surface area contributed by atoms with Gasteiger partial charge < -0.3 is 20.3 Å². The van der Waals surface area contributed by atoms with Crippen LogP contribution < -0.4 is 15.5 Å². The van der Waals surface area contributed by atoms with Crippen molar-refractivity contribution in [3.8, 4) is 22.6 Å². The number of imidazole rings is 1. The number of carbonyl (C=O) groups is 1. The van der Waals surface area contributed by atoms with E-state index in [1.54, 1.807) is 24.4 Å². The summed E-state index contributed by atoms with van der Waals surface area (Å²) in [5.74, 6) is 0.231. The Morgan fingerprint density at radius 3 is 2.67 bits per heavy atom. The van der Waals surface area contributed by atoms with Gasteiger partial charge in [0.25, 0.3) is 5.91 Å². The number of halogens is 1. The summed E-state index contributed by atoms with van der Waals surface area (Å²) in [5.41, 5.74) is 6.10. The molecule has 0 spiro atoms. The molecule has 214 valence electrons. The number of aromatic nitrogens is 4. The van der Waals surface area contributed by atoms with E-state index in [2.05, 4.69) is 32.7 Å². The summed E-state index contributed by atoms with van der Waals surface area (Å²) in [6.45, 7) is 3.17. The van der Waals surface area contributed by atoms with Gasteiger partial charge in [-0.05, 0) is 48.5 Å². The maximum Gasteiger partial charge on any atom is 0.255 e. The molecule has 3 aromatic carbocycles. The summed E-state index contributed by atoms with van der Waals surface area (Å²) in [6, 6.07) is 24.6. The van der Waals surface area contributed by atoms with Crippen LogP contribution in [0.25, 0.3) is 27.6 Å². The SMILES string of the molecule is O=C(Nc1cc(-c2nc3sccn3c2-c2ccnc(Nc3cccc(N4CCOCC4)c3)n2)ccc1Cl)c1ccccc1. The Hall–Kier alpha value is -4.77. The van der Waals surface area contributed by atoms with E-state index in [0.717, 1.165) is 59.6 Å². The van der Waals surface area contributed by atoms with Gasteiger partial charge in [0.2, 0.25) is 5.95 Å². The van der Waals surface area contributed by atoms with Gasteiger partial charge in [0.05, 0.1) is 35.3 Å². The Morgan fingerprint density at radius 2 is 1.81 bits per heavy atom. The molecule has 6 aromatic rings. The number of thiazole rings is 1. The summed E-state index contributed by atoms with van der Waals surface area (Å²) in [7, 11) is 0. The Bertz CT molecular complexity index is 1920. The maximum atomic E-state index is 12.9. The van der Waals surface area contributed by atoms with E-state index in [0.29, 0.717) is 27.9 Å². The number of morpholine rings is 1. The van der Waals surface area contributed by atoms with E-state index >= 15 is 0 Å². The molecular weight excluding hydrogens is 582 g/mol. The zero-order chi connectivity index (χ0) is 29.2. The average Bonchev–Trinajstić information content (AvgIpc) is 3.65. The molecule has 0 saturated carbocycles. The molecule has 2 N–H and O–H groups in total. The van der Waals surface area contributed by atoms with Crippen molar-refractivity contribution in [3.05, 3.63) is 107 Å². The van der Waals surface area contributed by atoms with Crippen LogP contribution >= 0.6 is 22.9 Å². The van der Waals surface area contributed by atoms with E-state index in [-0.39, 0.29) is 5.91 Å². The third-order valence-electron chi connectivity index (χ3n) is 7.16. The molecule has 1 saturated heterocycles. The van der Waals surface area contributed by atoms with Crippen molar-refractivity contribution in [1.29, 1.82) is 0 Å². The van der Waals surface area contributed by atoms with Crippen molar-refractivity contribution in [2.75, 3.05) is 41.8 Å². The minimum atomic E-state index is -0.241. The van der Waals surface area contributed by atoms with Crippen LogP contribution in [0.1, 0.15) is 10.4 Å². The molecular formula is C32H26ClN7O2S. The zero-order valence-electron chi connectivity index (χ0n) is 22.9. The standard InChI is InChI=1S/C32H26ClN7O2S/c33-25-10-9-22(19-27(25)36-30(41)21-5-2-1-3-6-21)28-29(40-15-18-43-32(40)38-28)26-11-12-34-31(37-26)35-23-7-4-8-24(20-23)39-13-16-42-17-14-39/h1-12,15,18-20H,13-14,16-17H2,(H,36,41)(H,34,35,37). The largest absolute Gasteiger partial charge is 0.378 e. The highest BCUT2D eigenvalue weighted by Crippen LogP contribution is 2.36. The number of nitrogens with one attached hydrogen (secondary N) is 2. The third-order valence-corrected chi connectivity index (χ3v) is 8.25. The number of anilines is 4. The lowest BCUT2D eigenvalue weighted by Gasteiger charge is -2.29. The van der Waals surface area contributed by atoms with Crippen molar-refractivity contribution >= 4 is 56.8 Å². The van der Waals surface area contributed by atoms with Crippen molar-refractivity contribution in [2.45, 2.75) is 0 Å². The first-order valence-corrected chi connectivity index (χ1v) is 15.0. The molecule has 9 nitrogen and oxygen atoms in total. The van der Waals surface area contributed by atoms with Crippen molar-refractivity contribution in [1.82, 2.24) is 19.4 Å². The van der Waals surface area contributed by atoms with Crippen LogP contribution in [0, 0.1) is 0 Å². The molecule has 4 heterocycles. The first kappa shape index (κ1) is 27.1. The van der Waals surface area contributed by atoms with Crippen LogP contribution in [-0.2, 0) is 4.74 Å². The predicted molar refractivity (Wildman–Crippen MR) is 172 cm³/mol. The molecule has 1 amide bonds. The van der Waals surface area contributed by atoms with Crippen LogP contribution in [-0.4, -0.2) is 51.6 Å². The first-order valence-electron chi connectivity index (χ1n) is 13.8. The second-order valence-electron chi connectivity index (χ2n) is 9.92. The van der Waals surface area contributed by atoms with Crippen molar-refractivity contribution in [2.24, 2.45) is 0 Å². The molecule has 0 aliphatic carbocycles. The minimum Gasteiger partial charge on any atom is -0.378 e. The molecule has 3 aromatic heterocycles. The van der Waals surface area contributed by atoms with E-state index in [4.69, 9.17) is 26.3 Å². The van der Waals surface area contributed by atoms with Crippen LogP contribution in [0.2, 0.25) is 5.02 Å². The van der Waals surface area contributed by atoms with E-state index in [1.165, 1.54) is 11.3 Å². The zero-order valence-corrected chi connectivity index (χ0v) is 24.5. The second kappa shape index (κ2) is 11.8. The number of fused-ring (bicyclic) bond motifs is 1. The van der Waals surface area contributed by atoms with Gasteiger partial charge in [0, 0.05) is 53.4 Å². The predicted octanol–water partition coefficient (Wildman–Crippen LogP) is 7.01. The van der Waals surface area contributed by atoms with Gasteiger partial charge in [-0.2, -0.15) is 0 Å². The van der Waals surface area contributed by atoms with Gasteiger partial charge in [-0.3, -0.25) is 9.20 Å². The Balaban J connectivity index is 1.21. The van der Waals surface area contributed by atoms with Crippen LogP contribution in [0.5, 0.6) is 0 Å². The van der Waals surface area contributed by atoms with E-state index in [1.807, 2.05) is 64.5 Å². The fourth-order valence-corrected chi connectivity index (χ4v) is 5.94. The van der Waals surface area contributed by atoms with Crippen LogP contribution in [0.3, 0.4) is 0 Å². The highest BCUT2D eigenvalue weighted by molar-refractivity contribution is 7.15. The summed E-state index contributed by atoms with van der Waals surface area (Å²) in [6.07, 6.45) is 3.71. The number of amides is 1. The lowest BCUT2D eigenvalue weighted by Crippen LogP contribution is -2.36. The Kier molecular flexibility index (Phi) is 7.46. The second-order valence-corrected chi connectivity index (χ2v) is 11.2. The monoisotopic (exact) mass is 607 g/mol.